The summed E-state index contributed by atoms with van der Waals surface area (Å²) in [6, 6.07) is 13.6. The minimum Gasteiger partial charge on any atom is -0.307 e. The molecule has 5 heteroatoms. The Morgan fingerprint density at radius 2 is 2.14 bits per heavy atom. The van der Waals surface area contributed by atoms with Crippen LogP contribution in [0.5, 0.6) is 0 Å². The van der Waals surface area contributed by atoms with Gasteiger partial charge in [0.2, 0.25) is 5.91 Å². The fraction of sp³-hybridized carbons (Fsp3) is 0.250. The average molecular weight is 299 g/mol. The first kappa shape index (κ1) is 14.1. The second kappa shape index (κ2) is 6.74. The summed E-state index contributed by atoms with van der Waals surface area (Å²) in [6.07, 6.45) is 3.55. The highest BCUT2D eigenvalue weighted by atomic mass is 32.2. The molecule has 1 saturated heterocycles. The van der Waals surface area contributed by atoms with Crippen molar-refractivity contribution in [2.75, 3.05) is 16.5 Å². The predicted octanol–water partition coefficient (Wildman–Crippen LogP) is 2.28. The van der Waals surface area contributed by atoms with Crippen molar-refractivity contribution in [1.82, 2.24) is 10.3 Å². The third-order valence-corrected chi connectivity index (χ3v) is 4.35. The van der Waals surface area contributed by atoms with Gasteiger partial charge in [-0.1, -0.05) is 24.3 Å². The lowest BCUT2D eigenvalue weighted by Crippen LogP contribution is -2.44. The molecular weight excluding hydrogens is 282 g/mol. The van der Waals surface area contributed by atoms with E-state index >= 15 is 0 Å². The molecule has 2 aromatic rings. The molecule has 1 aliphatic rings. The molecule has 1 N–H and O–H groups in total. The summed E-state index contributed by atoms with van der Waals surface area (Å²) in [7, 11) is 0. The zero-order valence-corrected chi connectivity index (χ0v) is 12.4. The summed E-state index contributed by atoms with van der Waals surface area (Å²) < 4.78 is 0. The van der Waals surface area contributed by atoms with Crippen LogP contribution in [0.25, 0.3) is 0 Å². The number of benzene rings is 1. The van der Waals surface area contributed by atoms with E-state index in [9.17, 15) is 4.79 Å². The number of anilines is 1. The van der Waals surface area contributed by atoms with Gasteiger partial charge < -0.3 is 4.90 Å². The Bertz CT molecular complexity index is 585. The highest BCUT2D eigenvalue weighted by Gasteiger charge is 2.28. The maximum atomic E-state index is 12.8. The molecule has 3 rings (SSSR count). The molecule has 1 aliphatic heterocycles. The third-order valence-electron chi connectivity index (χ3n) is 3.41. The van der Waals surface area contributed by atoms with Gasteiger partial charge in [-0.15, -0.1) is 11.8 Å². The molecular formula is C16H17N3OS. The lowest BCUT2D eigenvalue weighted by molar-refractivity contribution is -0.120. The normalized spacial score (nSPS) is 17.6. The Morgan fingerprint density at radius 1 is 1.29 bits per heavy atom. The highest BCUT2D eigenvalue weighted by molar-refractivity contribution is 7.99. The minimum atomic E-state index is -0.105. The van der Waals surface area contributed by atoms with Crippen LogP contribution in [-0.4, -0.2) is 28.6 Å². The SMILES string of the molecule is O=C(C1CSCN1)N(Cc1cccnc1)c1ccccc1. The Morgan fingerprint density at radius 3 is 2.81 bits per heavy atom. The minimum absolute atomic E-state index is 0.105. The van der Waals surface area contributed by atoms with Crippen molar-refractivity contribution in [3.63, 3.8) is 0 Å². The summed E-state index contributed by atoms with van der Waals surface area (Å²) in [5.74, 6) is 1.79. The molecule has 0 aliphatic carbocycles. The van der Waals surface area contributed by atoms with Crippen LogP contribution in [0.4, 0.5) is 5.69 Å². The van der Waals surface area contributed by atoms with E-state index in [2.05, 4.69) is 10.3 Å². The van der Waals surface area contributed by atoms with E-state index in [4.69, 9.17) is 0 Å². The molecule has 0 spiro atoms. The quantitative estimate of drug-likeness (QED) is 0.941. The van der Waals surface area contributed by atoms with Gasteiger partial charge in [0, 0.05) is 29.7 Å². The fourth-order valence-corrected chi connectivity index (χ4v) is 3.25. The fourth-order valence-electron chi connectivity index (χ4n) is 2.32. The predicted molar refractivity (Wildman–Crippen MR) is 86.1 cm³/mol. The van der Waals surface area contributed by atoms with Crippen LogP contribution in [0.1, 0.15) is 5.56 Å². The summed E-state index contributed by atoms with van der Waals surface area (Å²) in [5, 5.41) is 3.25. The van der Waals surface area contributed by atoms with Gasteiger partial charge >= 0.3 is 0 Å². The van der Waals surface area contributed by atoms with Crippen LogP contribution >= 0.6 is 11.8 Å². The van der Waals surface area contributed by atoms with Gasteiger partial charge in [0.1, 0.15) is 0 Å². The first-order chi connectivity index (χ1) is 10.3. The van der Waals surface area contributed by atoms with Crippen molar-refractivity contribution in [3.05, 3.63) is 60.4 Å². The topological polar surface area (TPSA) is 45.2 Å². The zero-order chi connectivity index (χ0) is 14.5. The maximum absolute atomic E-state index is 12.8. The monoisotopic (exact) mass is 299 g/mol. The maximum Gasteiger partial charge on any atom is 0.245 e. The zero-order valence-electron chi connectivity index (χ0n) is 11.6. The number of hydrogen-bond acceptors (Lipinski definition) is 4. The lowest BCUT2D eigenvalue weighted by atomic mass is 10.2. The Kier molecular flexibility index (Phi) is 4.52. The molecule has 1 amide bonds. The van der Waals surface area contributed by atoms with Crippen molar-refractivity contribution in [2.24, 2.45) is 0 Å². The number of carbonyl (C=O) groups excluding carboxylic acids is 1. The molecule has 1 aromatic heterocycles. The van der Waals surface area contributed by atoms with Crippen LogP contribution in [0, 0.1) is 0 Å². The van der Waals surface area contributed by atoms with E-state index in [1.54, 1.807) is 24.2 Å². The lowest BCUT2D eigenvalue weighted by Gasteiger charge is -2.25. The van der Waals surface area contributed by atoms with Crippen LogP contribution in [0.15, 0.2) is 54.9 Å². The Hall–Kier alpha value is -1.85. The van der Waals surface area contributed by atoms with Crippen molar-refractivity contribution in [2.45, 2.75) is 12.6 Å². The van der Waals surface area contributed by atoms with E-state index in [0.29, 0.717) is 6.54 Å². The number of hydrogen-bond donors (Lipinski definition) is 1. The number of para-hydroxylation sites is 1. The first-order valence-electron chi connectivity index (χ1n) is 6.91. The van der Waals surface area contributed by atoms with Crippen LogP contribution in [0.3, 0.4) is 0 Å². The van der Waals surface area contributed by atoms with Crippen molar-refractivity contribution in [3.8, 4) is 0 Å². The van der Waals surface area contributed by atoms with Gasteiger partial charge in [-0.05, 0) is 23.8 Å². The largest absolute Gasteiger partial charge is 0.307 e. The van der Waals surface area contributed by atoms with Crippen molar-refractivity contribution < 1.29 is 4.79 Å². The third kappa shape index (κ3) is 3.43. The Labute approximate surface area is 128 Å². The second-order valence-electron chi connectivity index (χ2n) is 4.89. The number of pyridine rings is 1. The molecule has 1 unspecified atom stereocenters. The number of carbonyl (C=O) groups is 1. The average Bonchev–Trinajstić information content (AvgIpc) is 3.08. The van der Waals surface area contributed by atoms with Crippen LogP contribution in [-0.2, 0) is 11.3 Å². The van der Waals surface area contributed by atoms with Crippen molar-refractivity contribution in [1.29, 1.82) is 0 Å². The summed E-state index contributed by atoms with van der Waals surface area (Å²) >= 11 is 1.76. The van der Waals surface area contributed by atoms with Gasteiger partial charge in [-0.2, -0.15) is 0 Å². The van der Waals surface area contributed by atoms with E-state index in [1.807, 2.05) is 47.4 Å². The number of nitrogens with one attached hydrogen (secondary N) is 1. The molecule has 0 saturated carbocycles. The summed E-state index contributed by atoms with van der Waals surface area (Å²) in [4.78, 5) is 18.7. The summed E-state index contributed by atoms with van der Waals surface area (Å²) in [6.45, 7) is 0.541. The smallest absolute Gasteiger partial charge is 0.245 e. The molecule has 21 heavy (non-hydrogen) atoms. The highest BCUT2D eigenvalue weighted by Crippen LogP contribution is 2.20. The molecule has 1 fully saturated rings. The number of amides is 1. The number of nitrogens with zero attached hydrogens (tertiary/aromatic N) is 2. The molecule has 0 bridgehead atoms. The number of thioether (sulfide) groups is 1. The van der Waals surface area contributed by atoms with Gasteiger partial charge in [0.25, 0.3) is 0 Å². The first-order valence-corrected chi connectivity index (χ1v) is 8.06. The standard InChI is InChI=1S/C16H17N3OS/c20-16(15-11-21-12-18-15)19(14-6-2-1-3-7-14)10-13-5-4-8-17-9-13/h1-9,15,18H,10-12H2. The molecule has 1 aromatic carbocycles. The van der Waals surface area contributed by atoms with E-state index in [0.717, 1.165) is 22.9 Å². The van der Waals surface area contributed by atoms with Crippen molar-refractivity contribution >= 4 is 23.4 Å². The summed E-state index contributed by atoms with van der Waals surface area (Å²) in [5.41, 5.74) is 1.95. The van der Waals surface area contributed by atoms with Gasteiger partial charge in [0.15, 0.2) is 0 Å². The van der Waals surface area contributed by atoms with Gasteiger partial charge in [-0.3, -0.25) is 15.1 Å². The van der Waals surface area contributed by atoms with E-state index in [1.165, 1.54) is 0 Å². The van der Waals surface area contributed by atoms with Gasteiger partial charge in [-0.25, -0.2) is 0 Å². The van der Waals surface area contributed by atoms with E-state index < -0.39 is 0 Å². The van der Waals surface area contributed by atoms with Gasteiger partial charge in [0.05, 0.1) is 12.6 Å². The molecule has 108 valence electrons. The number of rotatable bonds is 4. The van der Waals surface area contributed by atoms with Crippen LogP contribution < -0.4 is 10.2 Å². The Balaban J connectivity index is 1.85. The molecule has 2 heterocycles. The molecule has 1 atom stereocenters. The molecule has 4 nitrogen and oxygen atoms in total. The second-order valence-corrected chi connectivity index (χ2v) is 5.92. The molecule has 0 radical (unpaired) electrons. The van der Waals surface area contributed by atoms with Crippen LogP contribution in [0.2, 0.25) is 0 Å². The number of aromatic nitrogens is 1. The van der Waals surface area contributed by atoms with E-state index in [-0.39, 0.29) is 11.9 Å².